The molecule has 0 unspecified atom stereocenters. The molecule has 1 amide bonds. The molecule has 0 saturated carbocycles. The SMILES string of the molecule is C=CC=O.CC.Nc1ccc(C(=O)N2CCCCC2)cc1. The molecule has 0 radical (unpaired) electrons. The second kappa shape index (κ2) is 11.7. The Morgan fingerprint density at radius 2 is 1.62 bits per heavy atom. The number of amides is 1. The van der Waals surface area contributed by atoms with Gasteiger partial charge in [0.15, 0.2) is 0 Å². The molecule has 2 N–H and O–H groups in total. The minimum Gasteiger partial charge on any atom is -0.399 e. The van der Waals surface area contributed by atoms with Crippen molar-refractivity contribution in [2.24, 2.45) is 0 Å². The van der Waals surface area contributed by atoms with Gasteiger partial charge in [0, 0.05) is 24.3 Å². The fraction of sp³-hybridized carbons (Fsp3) is 0.412. The molecule has 0 aromatic heterocycles. The van der Waals surface area contributed by atoms with Crippen molar-refractivity contribution in [1.29, 1.82) is 0 Å². The summed E-state index contributed by atoms with van der Waals surface area (Å²) in [4.78, 5) is 23.0. The van der Waals surface area contributed by atoms with Gasteiger partial charge in [-0.25, -0.2) is 0 Å². The number of nitrogens with two attached hydrogens (primary N) is 1. The van der Waals surface area contributed by atoms with E-state index in [9.17, 15) is 4.79 Å². The van der Waals surface area contributed by atoms with Gasteiger partial charge in [-0.05, 0) is 49.6 Å². The van der Waals surface area contributed by atoms with Crippen LogP contribution in [0, 0.1) is 0 Å². The molecule has 4 heteroatoms. The van der Waals surface area contributed by atoms with E-state index in [-0.39, 0.29) is 5.91 Å². The predicted octanol–water partition coefficient (Wildman–Crippen LogP) is 3.29. The van der Waals surface area contributed by atoms with Crippen LogP contribution in [-0.4, -0.2) is 30.2 Å². The highest BCUT2D eigenvalue weighted by Crippen LogP contribution is 2.14. The third kappa shape index (κ3) is 7.30. The Kier molecular flexibility index (Phi) is 10.5. The van der Waals surface area contributed by atoms with E-state index in [2.05, 4.69) is 6.58 Å². The van der Waals surface area contributed by atoms with Crippen LogP contribution in [0.4, 0.5) is 5.69 Å². The van der Waals surface area contributed by atoms with Crippen LogP contribution < -0.4 is 5.73 Å². The van der Waals surface area contributed by atoms with E-state index in [1.54, 1.807) is 24.3 Å². The van der Waals surface area contributed by atoms with Crippen LogP contribution in [0.15, 0.2) is 36.9 Å². The highest BCUT2D eigenvalue weighted by atomic mass is 16.2. The number of carbonyl (C=O) groups excluding carboxylic acids is 2. The molecule has 0 atom stereocenters. The summed E-state index contributed by atoms with van der Waals surface area (Å²) in [6.07, 6.45) is 5.33. The van der Waals surface area contributed by atoms with Crippen molar-refractivity contribution in [2.75, 3.05) is 18.8 Å². The fourth-order valence-corrected chi connectivity index (χ4v) is 1.91. The van der Waals surface area contributed by atoms with Crippen LogP contribution in [0.5, 0.6) is 0 Å². The Labute approximate surface area is 127 Å². The number of aldehydes is 1. The number of nitrogens with zero attached hydrogens (tertiary/aromatic N) is 1. The summed E-state index contributed by atoms with van der Waals surface area (Å²) in [5, 5.41) is 0. The van der Waals surface area contributed by atoms with Crippen LogP contribution in [0.25, 0.3) is 0 Å². The number of hydrogen-bond acceptors (Lipinski definition) is 3. The summed E-state index contributed by atoms with van der Waals surface area (Å²) in [6, 6.07) is 7.15. The number of piperidine rings is 1. The Hall–Kier alpha value is -2.10. The number of likely N-dealkylation sites (tertiary alicyclic amines) is 1. The van der Waals surface area contributed by atoms with E-state index in [4.69, 9.17) is 10.5 Å². The van der Waals surface area contributed by atoms with Gasteiger partial charge in [0.25, 0.3) is 5.91 Å². The van der Waals surface area contributed by atoms with E-state index in [1.807, 2.05) is 18.7 Å². The second-order valence-corrected chi connectivity index (χ2v) is 4.35. The van der Waals surface area contributed by atoms with Crippen LogP contribution in [-0.2, 0) is 4.79 Å². The van der Waals surface area contributed by atoms with Gasteiger partial charge in [0.2, 0.25) is 0 Å². The summed E-state index contributed by atoms with van der Waals surface area (Å²) in [5.74, 6) is 0.134. The van der Waals surface area contributed by atoms with Gasteiger partial charge in [0.05, 0.1) is 0 Å². The van der Waals surface area contributed by atoms with Crippen LogP contribution in [0.3, 0.4) is 0 Å². The normalized spacial score (nSPS) is 13.0. The highest BCUT2D eigenvalue weighted by molar-refractivity contribution is 5.94. The van der Waals surface area contributed by atoms with E-state index in [0.717, 1.165) is 31.5 Å². The number of anilines is 1. The van der Waals surface area contributed by atoms with E-state index < -0.39 is 0 Å². The third-order valence-corrected chi connectivity index (χ3v) is 2.90. The topological polar surface area (TPSA) is 63.4 Å². The molecule has 1 aromatic rings. The molecule has 1 saturated heterocycles. The zero-order valence-electron chi connectivity index (χ0n) is 13.0. The number of rotatable bonds is 2. The Bertz CT molecular complexity index is 415. The minimum absolute atomic E-state index is 0.134. The Morgan fingerprint density at radius 3 is 2.05 bits per heavy atom. The molecular formula is C17H26N2O2. The third-order valence-electron chi connectivity index (χ3n) is 2.90. The maximum atomic E-state index is 12.0. The van der Waals surface area contributed by atoms with E-state index >= 15 is 0 Å². The summed E-state index contributed by atoms with van der Waals surface area (Å²) < 4.78 is 0. The number of carbonyl (C=O) groups is 2. The largest absolute Gasteiger partial charge is 0.399 e. The van der Waals surface area contributed by atoms with Crippen molar-refractivity contribution in [3.05, 3.63) is 42.5 Å². The number of allylic oxidation sites excluding steroid dienone is 1. The minimum atomic E-state index is 0.134. The lowest BCUT2D eigenvalue weighted by atomic mass is 10.1. The second-order valence-electron chi connectivity index (χ2n) is 4.35. The summed E-state index contributed by atoms with van der Waals surface area (Å²) >= 11 is 0. The summed E-state index contributed by atoms with van der Waals surface area (Å²) in [6.45, 7) is 8.90. The first-order chi connectivity index (χ1) is 10.2. The number of benzene rings is 1. The van der Waals surface area contributed by atoms with Crippen LogP contribution in [0.2, 0.25) is 0 Å². The van der Waals surface area contributed by atoms with Gasteiger partial charge < -0.3 is 10.6 Å². The maximum Gasteiger partial charge on any atom is 0.253 e. The molecule has 21 heavy (non-hydrogen) atoms. The van der Waals surface area contributed by atoms with Gasteiger partial charge in [0.1, 0.15) is 6.29 Å². The fourth-order valence-electron chi connectivity index (χ4n) is 1.91. The molecule has 0 aliphatic carbocycles. The molecule has 1 aliphatic rings. The van der Waals surface area contributed by atoms with Crippen molar-refractivity contribution in [3.63, 3.8) is 0 Å². The molecule has 1 fully saturated rings. The summed E-state index contributed by atoms with van der Waals surface area (Å²) in [5.41, 5.74) is 7.02. The average Bonchev–Trinajstić information content (AvgIpc) is 2.58. The number of hydrogen-bond donors (Lipinski definition) is 1. The molecule has 116 valence electrons. The molecule has 1 heterocycles. The van der Waals surface area contributed by atoms with Gasteiger partial charge in [-0.3, -0.25) is 9.59 Å². The molecule has 1 aromatic carbocycles. The lowest BCUT2D eigenvalue weighted by molar-refractivity contribution is -0.104. The van der Waals surface area contributed by atoms with Crippen molar-refractivity contribution < 1.29 is 9.59 Å². The van der Waals surface area contributed by atoms with Crippen LogP contribution in [0.1, 0.15) is 43.5 Å². The van der Waals surface area contributed by atoms with E-state index in [1.165, 1.54) is 12.5 Å². The Balaban J connectivity index is 0.000000579. The molecule has 0 bridgehead atoms. The molecule has 0 spiro atoms. The smallest absolute Gasteiger partial charge is 0.253 e. The predicted molar refractivity (Wildman–Crippen MR) is 88.2 cm³/mol. The first kappa shape index (κ1) is 18.9. The first-order valence-corrected chi connectivity index (χ1v) is 7.40. The highest BCUT2D eigenvalue weighted by Gasteiger charge is 2.17. The number of nitrogen functional groups attached to an aromatic ring is 1. The van der Waals surface area contributed by atoms with Gasteiger partial charge in [-0.15, -0.1) is 0 Å². The van der Waals surface area contributed by atoms with Crippen molar-refractivity contribution in [2.45, 2.75) is 33.1 Å². The molecule has 2 rings (SSSR count). The molecular weight excluding hydrogens is 264 g/mol. The zero-order chi connectivity index (χ0) is 16.1. The van der Waals surface area contributed by atoms with Gasteiger partial charge >= 0.3 is 0 Å². The van der Waals surface area contributed by atoms with E-state index in [0.29, 0.717) is 12.0 Å². The standard InChI is InChI=1S/C12H16N2O.C3H4O.C2H6/c13-11-6-4-10(5-7-11)12(15)14-8-2-1-3-9-14;1-2-3-4;1-2/h4-7H,1-3,8-9,13H2;2-3H,1H2;1-2H3. The van der Waals surface area contributed by atoms with Crippen LogP contribution >= 0.6 is 0 Å². The quantitative estimate of drug-likeness (QED) is 0.516. The monoisotopic (exact) mass is 290 g/mol. The lowest BCUT2D eigenvalue weighted by Gasteiger charge is -2.26. The molecule has 1 aliphatic heterocycles. The van der Waals surface area contributed by atoms with Crippen molar-refractivity contribution in [3.8, 4) is 0 Å². The van der Waals surface area contributed by atoms with Gasteiger partial charge in [-0.1, -0.05) is 20.4 Å². The van der Waals surface area contributed by atoms with Crippen molar-refractivity contribution >= 4 is 17.9 Å². The van der Waals surface area contributed by atoms with Crippen molar-refractivity contribution in [1.82, 2.24) is 4.90 Å². The lowest BCUT2D eigenvalue weighted by Crippen LogP contribution is -2.35. The molecule has 4 nitrogen and oxygen atoms in total. The summed E-state index contributed by atoms with van der Waals surface area (Å²) in [7, 11) is 0. The Morgan fingerprint density at radius 1 is 1.14 bits per heavy atom. The maximum absolute atomic E-state index is 12.0. The van der Waals surface area contributed by atoms with Gasteiger partial charge in [-0.2, -0.15) is 0 Å². The zero-order valence-corrected chi connectivity index (χ0v) is 13.0. The average molecular weight is 290 g/mol. The first-order valence-electron chi connectivity index (χ1n) is 7.40.